The molecule has 4 rings (SSSR count). The van der Waals surface area contributed by atoms with Crippen molar-refractivity contribution in [3.05, 3.63) is 59.6 Å². The first-order valence-electron chi connectivity index (χ1n) is 9.37. The summed E-state index contributed by atoms with van der Waals surface area (Å²) in [5, 5.41) is 6.76. The Kier molecular flexibility index (Phi) is 5.09. The highest BCUT2D eigenvalue weighted by Gasteiger charge is 2.29. The van der Waals surface area contributed by atoms with Gasteiger partial charge in [0.2, 0.25) is 0 Å². The molecule has 2 atom stereocenters. The third-order valence-corrected chi connectivity index (χ3v) is 6.09. The first-order chi connectivity index (χ1) is 13.1. The molecule has 140 valence electrons. The number of piperidine rings is 1. The van der Waals surface area contributed by atoms with Crippen molar-refractivity contribution >= 4 is 17.2 Å². The summed E-state index contributed by atoms with van der Waals surface area (Å²) in [6, 6.07) is 14.0. The number of amides is 1. The molecule has 3 heterocycles. The van der Waals surface area contributed by atoms with Crippen molar-refractivity contribution in [2.45, 2.75) is 25.8 Å². The molecule has 1 aromatic carbocycles. The molecule has 1 aliphatic rings. The molecule has 1 amide bonds. The Morgan fingerprint density at radius 1 is 1.26 bits per heavy atom. The average Bonchev–Trinajstić information content (AvgIpc) is 3.38. The van der Waals surface area contributed by atoms with Crippen LogP contribution in [0.15, 0.2) is 54.0 Å². The highest BCUT2D eigenvalue weighted by Crippen LogP contribution is 2.30. The number of nitrogens with two attached hydrogens (primary N) is 1. The Hall–Kier alpha value is -2.44. The number of para-hydroxylation sites is 1. The van der Waals surface area contributed by atoms with Crippen LogP contribution in [-0.2, 0) is 0 Å². The first kappa shape index (κ1) is 17.9. The van der Waals surface area contributed by atoms with E-state index in [9.17, 15) is 4.79 Å². The quantitative estimate of drug-likeness (QED) is 0.749. The van der Waals surface area contributed by atoms with Crippen molar-refractivity contribution in [2.75, 3.05) is 13.1 Å². The van der Waals surface area contributed by atoms with Gasteiger partial charge >= 0.3 is 0 Å². The molecule has 2 N–H and O–H groups in total. The fourth-order valence-corrected chi connectivity index (χ4v) is 4.36. The van der Waals surface area contributed by atoms with E-state index in [0.29, 0.717) is 11.5 Å². The van der Waals surface area contributed by atoms with Crippen LogP contribution in [0.5, 0.6) is 0 Å². The van der Waals surface area contributed by atoms with E-state index in [4.69, 9.17) is 10.8 Å². The first-order valence-corrected chi connectivity index (χ1v) is 10.3. The normalized spacial score (nSPS) is 18.4. The van der Waals surface area contributed by atoms with Crippen molar-refractivity contribution in [1.29, 1.82) is 0 Å². The zero-order valence-electron chi connectivity index (χ0n) is 15.4. The van der Waals surface area contributed by atoms with Crippen LogP contribution >= 0.6 is 11.3 Å². The van der Waals surface area contributed by atoms with Gasteiger partial charge in [-0.3, -0.25) is 4.79 Å². The number of likely N-dealkylation sites (tertiary alicyclic amines) is 1. The summed E-state index contributed by atoms with van der Waals surface area (Å²) < 4.78 is 1.80. The summed E-state index contributed by atoms with van der Waals surface area (Å²) in [5.41, 5.74) is 8.46. The van der Waals surface area contributed by atoms with E-state index in [1.165, 1.54) is 0 Å². The van der Waals surface area contributed by atoms with Crippen molar-refractivity contribution in [2.24, 2.45) is 11.7 Å². The molecular weight excluding hydrogens is 356 g/mol. The van der Waals surface area contributed by atoms with E-state index >= 15 is 0 Å². The zero-order valence-corrected chi connectivity index (χ0v) is 16.2. The summed E-state index contributed by atoms with van der Waals surface area (Å²) >= 11 is 1.60. The molecular formula is C21H24N4OS. The second-order valence-electron chi connectivity index (χ2n) is 7.16. The van der Waals surface area contributed by atoms with Gasteiger partial charge in [0.05, 0.1) is 16.1 Å². The highest BCUT2D eigenvalue weighted by atomic mass is 32.1. The Morgan fingerprint density at radius 2 is 2.07 bits per heavy atom. The molecule has 1 saturated heterocycles. The molecule has 2 aromatic heterocycles. The fourth-order valence-electron chi connectivity index (χ4n) is 3.63. The van der Waals surface area contributed by atoms with Gasteiger partial charge in [-0.25, -0.2) is 4.68 Å². The van der Waals surface area contributed by atoms with Gasteiger partial charge in [-0.1, -0.05) is 24.3 Å². The molecule has 5 nitrogen and oxygen atoms in total. The summed E-state index contributed by atoms with van der Waals surface area (Å²) in [4.78, 5) is 16.3. The Bertz CT molecular complexity index is 902. The number of thiophene rings is 1. The molecule has 0 spiro atoms. The standard InChI is InChI=1S/C21H24N4OS/c1-15(22)16-7-5-11-24(13-16)21(26)18-14-25(17-8-3-2-4-9-17)23-20(18)19-10-6-12-27-19/h2-4,6,8-10,12,14-16H,5,7,11,13,22H2,1H3. The van der Waals surface area contributed by atoms with Gasteiger partial charge in [0.1, 0.15) is 5.69 Å². The van der Waals surface area contributed by atoms with Gasteiger partial charge in [0, 0.05) is 25.3 Å². The monoisotopic (exact) mass is 380 g/mol. The molecule has 6 heteroatoms. The number of hydrogen-bond acceptors (Lipinski definition) is 4. The van der Waals surface area contributed by atoms with Crippen LogP contribution in [0, 0.1) is 5.92 Å². The SMILES string of the molecule is CC(N)C1CCCN(C(=O)c2cn(-c3ccccc3)nc2-c2cccs2)C1. The summed E-state index contributed by atoms with van der Waals surface area (Å²) in [7, 11) is 0. The van der Waals surface area contributed by atoms with Crippen LogP contribution < -0.4 is 5.73 Å². The average molecular weight is 381 g/mol. The summed E-state index contributed by atoms with van der Waals surface area (Å²) in [6.45, 7) is 3.53. The molecule has 2 unspecified atom stereocenters. The minimum absolute atomic E-state index is 0.0472. The topological polar surface area (TPSA) is 64.2 Å². The fraction of sp³-hybridized carbons (Fsp3) is 0.333. The lowest BCUT2D eigenvalue weighted by Gasteiger charge is -2.34. The Morgan fingerprint density at radius 3 is 2.78 bits per heavy atom. The minimum Gasteiger partial charge on any atom is -0.338 e. The molecule has 0 saturated carbocycles. The Labute approximate surface area is 163 Å². The summed E-state index contributed by atoms with van der Waals surface area (Å²) in [6.07, 6.45) is 3.95. The van der Waals surface area contributed by atoms with E-state index < -0.39 is 0 Å². The van der Waals surface area contributed by atoms with Crippen LogP contribution in [0.1, 0.15) is 30.1 Å². The van der Waals surface area contributed by atoms with Crippen molar-refractivity contribution in [1.82, 2.24) is 14.7 Å². The van der Waals surface area contributed by atoms with Gasteiger partial charge < -0.3 is 10.6 Å². The molecule has 1 aliphatic heterocycles. The minimum atomic E-state index is 0.0472. The number of rotatable bonds is 4. The second kappa shape index (κ2) is 7.66. The maximum atomic E-state index is 13.4. The zero-order chi connectivity index (χ0) is 18.8. The van der Waals surface area contributed by atoms with Crippen LogP contribution in [0.25, 0.3) is 16.3 Å². The molecule has 1 fully saturated rings. The number of carbonyl (C=O) groups excluding carboxylic acids is 1. The number of hydrogen-bond donors (Lipinski definition) is 1. The number of nitrogens with zero attached hydrogens (tertiary/aromatic N) is 3. The van der Waals surface area contributed by atoms with Crippen LogP contribution in [0.3, 0.4) is 0 Å². The van der Waals surface area contributed by atoms with Gasteiger partial charge in [-0.05, 0) is 49.3 Å². The van der Waals surface area contributed by atoms with E-state index in [1.807, 2.05) is 65.9 Å². The smallest absolute Gasteiger partial charge is 0.257 e. The van der Waals surface area contributed by atoms with Crippen LogP contribution in [0.2, 0.25) is 0 Å². The predicted octanol–water partition coefficient (Wildman–Crippen LogP) is 3.80. The number of carbonyl (C=O) groups is 1. The molecule has 0 bridgehead atoms. The van der Waals surface area contributed by atoms with E-state index in [2.05, 4.69) is 0 Å². The molecule has 27 heavy (non-hydrogen) atoms. The van der Waals surface area contributed by atoms with Crippen molar-refractivity contribution in [3.63, 3.8) is 0 Å². The lowest BCUT2D eigenvalue weighted by atomic mass is 9.92. The summed E-state index contributed by atoms with van der Waals surface area (Å²) in [5.74, 6) is 0.406. The number of benzene rings is 1. The maximum absolute atomic E-state index is 13.4. The van der Waals surface area contributed by atoms with E-state index in [1.54, 1.807) is 16.0 Å². The largest absolute Gasteiger partial charge is 0.338 e. The van der Waals surface area contributed by atoms with E-state index in [-0.39, 0.29) is 11.9 Å². The van der Waals surface area contributed by atoms with Crippen LogP contribution in [-0.4, -0.2) is 39.7 Å². The van der Waals surface area contributed by atoms with Crippen LogP contribution in [0.4, 0.5) is 0 Å². The lowest BCUT2D eigenvalue weighted by molar-refractivity contribution is 0.0661. The highest BCUT2D eigenvalue weighted by molar-refractivity contribution is 7.13. The van der Waals surface area contributed by atoms with E-state index in [0.717, 1.165) is 42.2 Å². The third-order valence-electron chi connectivity index (χ3n) is 5.21. The van der Waals surface area contributed by atoms with Crippen molar-refractivity contribution < 1.29 is 4.79 Å². The molecule has 0 radical (unpaired) electrons. The van der Waals surface area contributed by atoms with Gasteiger partial charge in [-0.15, -0.1) is 11.3 Å². The Balaban J connectivity index is 1.70. The predicted molar refractivity (Wildman–Crippen MR) is 109 cm³/mol. The molecule has 0 aliphatic carbocycles. The molecule has 3 aromatic rings. The van der Waals surface area contributed by atoms with Gasteiger partial charge in [0.15, 0.2) is 0 Å². The van der Waals surface area contributed by atoms with Gasteiger partial charge in [-0.2, -0.15) is 5.10 Å². The van der Waals surface area contributed by atoms with Crippen molar-refractivity contribution in [3.8, 4) is 16.3 Å². The second-order valence-corrected chi connectivity index (χ2v) is 8.11. The third kappa shape index (κ3) is 3.68. The lowest BCUT2D eigenvalue weighted by Crippen LogP contribution is -2.45. The maximum Gasteiger partial charge on any atom is 0.257 e. The van der Waals surface area contributed by atoms with Gasteiger partial charge in [0.25, 0.3) is 5.91 Å². The number of aromatic nitrogens is 2.